The third-order valence-electron chi connectivity index (χ3n) is 7.83. The molecule has 0 spiro atoms. The molecule has 1 saturated heterocycles. The summed E-state index contributed by atoms with van der Waals surface area (Å²) in [4.78, 5) is 4.70. The number of benzene rings is 3. The smallest absolute Gasteiger partial charge is 0.497 e. The van der Waals surface area contributed by atoms with E-state index in [0.717, 1.165) is 0 Å². The van der Waals surface area contributed by atoms with E-state index in [1.165, 1.54) is 0 Å². The molecule has 1 aliphatic rings. The molecule has 0 radical (unpaired) electrons. The van der Waals surface area contributed by atoms with Gasteiger partial charge < -0.3 is 19.9 Å². The fraction of sp³-hybridized carbons (Fsp3) is 0.364. The van der Waals surface area contributed by atoms with E-state index in [1.54, 1.807) is 73.8 Å². The maximum absolute atomic E-state index is 13.2. The normalized spacial score (nSPS) is 16.6. The first kappa shape index (κ1) is 33.8. The van der Waals surface area contributed by atoms with E-state index in [9.17, 15) is 26.7 Å². The van der Waals surface area contributed by atoms with Gasteiger partial charge in [-0.2, -0.15) is 17.5 Å². The number of halogens is 4. The van der Waals surface area contributed by atoms with E-state index in [2.05, 4.69) is 5.32 Å². The minimum absolute atomic E-state index is 0.148. The molecular formula is C33H35ClF3N3O5S. The van der Waals surface area contributed by atoms with Crippen LogP contribution in [0.25, 0.3) is 10.9 Å². The number of aromatic nitrogens is 1. The Balaban J connectivity index is 1.58. The first-order valence-electron chi connectivity index (χ1n) is 14.6. The molecule has 0 aliphatic carbocycles. The van der Waals surface area contributed by atoms with Crippen molar-refractivity contribution >= 4 is 38.2 Å². The number of nitrogens with zero attached hydrogens (tertiary/aromatic N) is 2. The molecule has 3 aromatic carbocycles. The number of methoxy groups -OCH3 is 1. The minimum atomic E-state index is -5.41. The monoisotopic (exact) mass is 677 g/mol. The molecule has 46 heavy (non-hydrogen) atoms. The number of nitrogens with one attached hydrogen (secondary N) is 1. The van der Waals surface area contributed by atoms with E-state index >= 15 is 0 Å². The van der Waals surface area contributed by atoms with E-state index < -0.39 is 26.7 Å². The van der Waals surface area contributed by atoms with Crippen molar-refractivity contribution in [1.82, 2.24) is 9.29 Å². The van der Waals surface area contributed by atoms with Crippen LogP contribution in [0.1, 0.15) is 50.3 Å². The standard InChI is InChI=1S/C33H35ClF3N3O5S/c1-31(2,3)45-30-20-29(38-25-15-17-40(18-16-25)46(42,43)33(35,36)37)27-19-23(9-14-28(27)39-30)32(41,21-5-10-24(34)11-6-21)22-7-12-26(44-4)13-8-22/h5-14,19-20,25,41H,15-18H2,1-4H3,(H,38,39). The lowest BCUT2D eigenvalue weighted by atomic mass is 9.80. The number of anilines is 1. The Kier molecular flexibility index (Phi) is 9.22. The summed E-state index contributed by atoms with van der Waals surface area (Å²) >= 11 is 6.18. The number of hydrogen-bond donors (Lipinski definition) is 2. The van der Waals surface area contributed by atoms with Gasteiger partial charge in [0.05, 0.1) is 12.6 Å². The van der Waals surface area contributed by atoms with Crippen LogP contribution in [0.3, 0.4) is 0 Å². The van der Waals surface area contributed by atoms with Crippen LogP contribution >= 0.6 is 11.6 Å². The molecule has 5 rings (SSSR count). The summed E-state index contributed by atoms with van der Waals surface area (Å²) in [6, 6.07) is 20.7. The highest BCUT2D eigenvalue weighted by atomic mass is 35.5. The predicted molar refractivity (Wildman–Crippen MR) is 172 cm³/mol. The molecule has 1 atom stereocenters. The Morgan fingerprint density at radius 3 is 2.02 bits per heavy atom. The van der Waals surface area contributed by atoms with Gasteiger partial charge in [-0.1, -0.05) is 41.9 Å². The fourth-order valence-electron chi connectivity index (χ4n) is 5.54. The van der Waals surface area contributed by atoms with Crippen LogP contribution < -0.4 is 14.8 Å². The summed E-state index contributed by atoms with van der Waals surface area (Å²) < 4.78 is 75.3. The van der Waals surface area contributed by atoms with Gasteiger partial charge in [-0.25, -0.2) is 13.4 Å². The lowest BCUT2D eigenvalue weighted by Crippen LogP contribution is -2.47. The van der Waals surface area contributed by atoms with E-state index in [-0.39, 0.29) is 32.0 Å². The lowest BCUT2D eigenvalue weighted by Gasteiger charge is -2.33. The molecule has 13 heteroatoms. The van der Waals surface area contributed by atoms with Crippen LogP contribution in [-0.4, -0.2) is 60.2 Å². The minimum Gasteiger partial charge on any atom is -0.497 e. The number of hydrogen-bond acceptors (Lipinski definition) is 7. The fourth-order valence-corrected chi connectivity index (χ4v) is 6.65. The zero-order chi connectivity index (χ0) is 33.5. The highest BCUT2D eigenvalue weighted by molar-refractivity contribution is 7.90. The van der Waals surface area contributed by atoms with E-state index in [1.807, 2.05) is 26.8 Å². The van der Waals surface area contributed by atoms with Crippen molar-refractivity contribution in [2.24, 2.45) is 0 Å². The van der Waals surface area contributed by atoms with E-state index in [0.29, 0.717) is 54.2 Å². The zero-order valence-electron chi connectivity index (χ0n) is 25.7. The van der Waals surface area contributed by atoms with Gasteiger partial charge in [0.25, 0.3) is 0 Å². The molecule has 0 amide bonds. The number of alkyl halides is 3. The molecular weight excluding hydrogens is 643 g/mol. The van der Waals surface area contributed by atoms with Crippen LogP contribution in [0, 0.1) is 0 Å². The van der Waals surface area contributed by atoms with Gasteiger partial charge in [0.1, 0.15) is 17.0 Å². The van der Waals surface area contributed by atoms with Crippen LogP contribution in [0.2, 0.25) is 5.02 Å². The van der Waals surface area contributed by atoms with Gasteiger partial charge in [-0.05, 0) is 86.7 Å². The maximum atomic E-state index is 13.2. The highest BCUT2D eigenvalue weighted by Gasteiger charge is 2.50. The van der Waals surface area contributed by atoms with Gasteiger partial charge in [0.15, 0.2) is 0 Å². The van der Waals surface area contributed by atoms with Crippen LogP contribution in [0.4, 0.5) is 18.9 Å². The Morgan fingerprint density at radius 1 is 0.913 bits per heavy atom. The van der Waals surface area contributed by atoms with Crippen LogP contribution in [0.15, 0.2) is 72.8 Å². The van der Waals surface area contributed by atoms with Crippen molar-refractivity contribution in [2.45, 2.75) is 56.4 Å². The lowest BCUT2D eigenvalue weighted by molar-refractivity contribution is -0.0494. The van der Waals surface area contributed by atoms with Gasteiger partial charge >= 0.3 is 15.5 Å². The molecule has 4 aromatic rings. The molecule has 1 aromatic heterocycles. The third-order valence-corrected chi connectivity index (χ3v) is 9.71. The molecule has 1 fully saturated rings. The zero-order valence-corrected chi connectivity index (χ0v) is 27.3. The Labute approximate surface area is 271 Å². The number of rotatable bonds is 8. The summed E-state index contributed by atoms with van der Waals surface area (Å²) in [6.07, 6.45) is 0.295. The van der Waals surface area contributed by atoms with Crippen molar-refractivity contribution in [3.8, 4) is 11.6 Å². The second-order valence-electron chi connectivity index (χ2n) is 12.2. The molecule has 1 unspecified atom stereocenters. The van der Waals surface area contributed by atoms with Crippen molar-refractivity contribution in [3.05, 3.63) is 94.5 Å². The molecule has 1 aliphatic heterocycles. The summed E-state index contributed by atoms with van der Waals surface area (Å²) in [6.45, 7) is 5.08. The Morgan fingerprint density at radius 2 is 1.48 bits per heavy atom. The van der Waals surface area contributed by atoms with Gasteiger partial charge in [0, 0.05) is 41.3 Å². The molecule has 0 bridgehead atoms. The predicted octanol–water partition coefficient (Wildman–Crippen LogP) is 7.08. The Bertz CT molecular complexity index is 1810. The van der Waals surface area contributed by atoms with Gasteiger partial charge in [-0.15, -0.1) is 0 Å². The molecule has 2 heterocycles. The third kappa shape index (κ3) is 6.90. The number of aliphatic hydroxyl groups is 1. The maximum Gasteiger partial charge on any atom is 0.511 e. The quantitative estimate of drug-likeness (QED) is 0.192. The first-order chi connectivity index (χ1) is 21.5. The number of pyridine rings is 1. The SMILES string of the molecule is COc1ccc(C(O)(c2ccc(Cl)cc2)c2ccc3nc(OC(C)(C)C)cc(NC4CCN(S(=O)(=O)C(F)(F)F)CC4)c3c2)cc1. The molecule has 8 nitrogen and oxygen atoms in total. The summed E-state index contributed by atoms with van der Waals surface area (Å²) in [7, 11) is -3.85. The Hall–Kier alpha value is -3.58. The second kappa shape index (κ2) is 12.6. The van der Waals surface area contributed by atoms with Gasteiger partial charge in [0.2, 0.25) is 5.88 Å². The largest absolute Gasteiger partial charge is 0.511 e. The van der Waals surface area contributed by atoms with Crippen LogP contribution in [0.5, 0.6) is 11.6 Å². The number of sulfonamides is 1. The van der Waals surface area contributed by atoms with Crippen molar-refractivity contribution < 1.29 is 36.2 Å². The summed E-state index contributed by atoms with van der Waals surface area (Å²) in [5.41, 5.74) is -4.76. The summed E-state index contributed by atoms with van der Waals surface area (Å²) in [5, 5.41) is 17.1. The van der Waals surface area contributed by atoms with E-state index in [4.69, 9.17) is 26.1 Å². The average Bonchev–Trinajstić information content (AvgIpc) is 3.00. The first-order valence-corrected chi connectivity index (χ1v) is 16.4. The number of ether oxygens (including phenoxy) is 2. The van der Waals surface area contributed by atoms with Crippen molar-refractivity contribution in [2.75, 3.05) is 25.5 Å². The number of piperidine rings is 1. The molecule has 2 N–H and O–H groups in total. The number of fused-ring (bicyclic) bond motifs is 1. The second-order valence-corrected chi connectivity index (χ2v) is 14.5. The highest BCUT2D eigenvalue weighted by Crippen LogP contribution is 2.41. The van der Waals surface area contributed by atoms with Gasteiger partial charge in [-0.3, -0.25) is 0 Å². The van der Waals surface area contributed by atoms with Crippen LogP contribution in [-0.2, 0) is 15.6 Å². The summed E-state index contributed by atoms with van der Waals surface area (Å²) in [5.74, 6) is 0.951. The van der Waals surface area contributed by atoms with Crippen molar-refractivity contribution in [1.29, 1.82) is 0 Å². The van der Waals surface area contributed by atoms with Crippen molar-refractivity contribution in [3.63, 3.8) is 0 Å². The average molecular weight is 678 g/mol. The topological polar surface area (TPSA) is 101 Å². The molecule has 0 saturated carbocycles. The molecule has 246 valence electrons.